The van der Waals surface area contributed by atoms with Crippen LogP contribution in [0.3, 0.4) is 0 Å². The normalized spacial score (nSPS) is 22.1. The van der Waals surface area contributed by atoms with E-state index in [2.05, 4.69) is 60.7 Å². The maximum Gasteiger partial charge on any atom is 0.115 e. The fourth-order valence-corrected chi connectivity index (χ4v) is 5.34. The third-order valence-electron chi connectivity index (χ3n) is 7.58. The Hall–Kier alpha value is -3.58. The van der Waals surface area contributed by atoms with Crippen LogP contribution in [0.5, 0.6) is 0 Å². The summed E-state index contributed by atoms with van der Waals surface area (Å²) in [5.74, 6) is 0. The number of allylic oxidation sites excluding steroid dienone is 1. The predicted octanol–water partition coefficient (Wildman–Crippen LogP) is 7.69. The lowest BCUT2D eigenvalue weighted by Crippen LogP contribution is -2.61. The lowest BCUT2D eigenvalue weighted by molar-refractivity contribution is -0.271. The molecular formula is C38H42O5. The highest BCUT2D eigenvalue weighted by molar-refractivity contribution is 5.16. The molecule has 5 rings (SSSR count). The average Bonchev–Trinajstić information content (AvgIpc) is 3.07. The van der Waals surface area contributed by atoms with Gasteiger partial charge in [-0.3, -0.25) is 0 Å². The summed E-state index contributed by atoms with van der Waals surface area (Å²) in [6.07, 6.45) is 3.14. The summed E-state index contributed by atoms with van der Waals surface area (Å²) in [5, 5.41) is 0. The molecule has 4 aromatic rings. The second-order valence-electron chi connectivity index (χ2n) is 10.8. The van der Waals surface area contributed by atoms with E-state index in [-0.39, 0.29) is 24.4 Å². The topological polar surface area (TPSA) is 46.2 Å². The van der Waals surface area contributed by atoms with Gasteiger partial charge in [-0.05, 0) is 35.6 Å². The molecule has 0 saturated carbocycles. The monoisotopic (exact) mass is 578 g/mol. The van der Waals surface area contributed by atoms with Crippen molar-refractivity contribution >= 4 is 0 Å². The number of benzene rings is 4. The van der Waals surface area contributed by atoms with E-state index < -0.39 is 6.10 Å². The van der Waals surface area contributed by atoms with E-state index in [0.717, 1.165) is 22.3 Å². The van der Waals surface area contributed by atoms with Gasteiger partial charge in [0.05, 0.1) is 39.1 Å². The Morgan fingerprint density at radius 2 is 0.907 bits per heavy atom. The molecular weight excluding hydrogens is 536 g/mol. The fraction of sp³-hybridized carbons (Fsp3) is 0.316. The van der Waals surface area contributed by atoms with Crippen LogP contribution in [0.1, 0.15) is 35.6 Å². The highest BCUT2D eigenvalue weighted by atomic mass is 16.6. The second-order valence-corrected chi connectivity index (χ2v) is 10.8. The van der Waals surface area contributed by atoms with Crippen molar-refractivity contribution < 1.29 is 23.7 Å². The first-order valence-electron chi connectivity index (χ1n) is 15.1. The van der Waals surface area contributed by atoms with Crippen LogP contribution in [-0.4, -0.2) is 37.1 Å². The lowest BCUT2D eigenvalue weighted by atomic mass is 9.92. The zero-order chi connectivity index (χ0) is 29.5. The molecule has 4 aromatic carbocycles. The van der Waals surface area contributed by atoms with E-state index in [4.69, 9.17) is 23.7 Å². The Labute approximate surface area is 256 Å². The second kappa shape index (κ2) is 16.9. The number of rotatable bonds is 15. The molecule has 1 saturated heterocycles. The van der Waals surface area contributed by atoms with Crippen molar-refractivity contribution in [2.45, 2.75) is 70.3 Å². The van der Waals surface area contributed by atoms with Gasteiger partial charge in [0.15, 0.2) is 0 Å². The minimum atomic E-state index is -0.415. The van der Waals surface area contributed by atoms with E-state index in [1.54, 1.807) is 0 Å². The van der Waals surface area contributed by atoms with Crippen molar-refractivity contribution in [1.29, 1.82) is 0 Å². The number of hydrogen-bond acceptors (Lipinski definition) is 5. The average molecular weight is 579 g/mol. The first kappa shape index (κ1) is 30.9. The van der Waals surface area contributed by atoms with Crippen LogP contribution in [-0.2, 0) is 50.1 Å². The summed E-state index contributed by atoms with van der Waals surface area (Å²) in [4.78, 5) is 0. The third kappa shape index (κ3) is 9.45. The Bertz CT molecular complexity index is 1330. The van der Waals surface area contributed by atoms with Gasteiger partial charge < -0.3 is 23.7 Å². The van der Waals surface area contributed by atoms with Crippen molar-refractivity contribution in [1.82, 2.24) is 0 Å². The minimum Gasteiger partial charge on any atom is -0.374 e. The molecule has 5 nitrogen and oxygen atoms in total. The Morgan fingerprint density at radius 3 is 1.35 bits per heavy atom. The largest absolute Gasteiger partial charge is 0.374 e. The van der Waals surface area contributed by atoms with Crippen molar-refractivity contribution in [2.24, 2.45) is 0 Å². The molecule has 0 amide bonds. The SMILES string of the molecule is C/C=C/C[C@@H]1O[C@H](COCc2ccccc2)[C@@H](OCc2ccccc2)[C@H](OCc2ccccc2)[C@H]1OCc1ccccc1. The number of ether oxygens (including phenoxy) is 5. The van der Waals surface area contributed by atoms with Gasteiger partial charge in [-0.2, -0.15) is 0 Å². The van der Waals surface area contributed by atoms with Gasteiger partial charge >= 0.3 is 0 Å². The lowest BCUT2D eigenvalue weighted by Gasteiger charge is -2.46. The molecule has 5 heteroatoms. The number of hydrogen-bond donors (Lipinski definition) is 0. The molecule has 0 unspecified atom stereocenters. The van der Waals surface area contributed by atoms with Crippen LogP contribution in [0.4, 0.5) is 0 Å². The van der Waals surface area contributed by atoms with Gasteiger partial charge in [0.2, 0.25) is 0 Å². The highest BCUT2D eigenvalue weighted by Crippen LogP contribution is 2.32. The first-order valence-corrected chi connectivity index (χ1v) is 15.1. The standard InChI is InChI=1S/C38H42O5/c1-2-3-24-34-36(40-26-31-18-10-5-11-19-31)38(42-28-33-22-14-7-15-23-33)37(41-27-32-20-12-6-13-21-32)35(43-34)29-39-25-30-16-8-4-9-17-30/h2-23,34-38H,24-29H2,1H3/b3-2+/t34-,35+,36-,37+,38+/m0/s1. The van der Waals surface area contributed by atoms with Crippen LogP contribution < -0.4 is 0 Å². The van der Waals surface area contributed by atoms with Crippen LogP contribution in [0.25, 0.3) is 0 Å². The molecule has 1 fully saturated rings. The van der Waals surface area contributed by atoms with Crippen molar-refractivity contribution in [3.63, 3.8) is 0 Å². The van der Waals surface area contributed by atoms with Crippen molar-refractivity contribution in [3.8, 4) is 0 Å². The summed E-state index contributed by atoms with van der Waals surface area (Å²) >= 11 is 0. The molecule has 1 heterocycles. The molecule has 5 atom stereocenters. The molecule has 0 aromatic heterocycles. The minimum absolute atomic E-state index is 0.234. The van der Waals surface area contributed by atoms with Crippen LogP contribution in [0.15, 0.2) is 133 Å². The van der Waals surface area contributed by atoms with Crippen molar-refractivity contribution in [3.05, 3.63) is 156 Å². The Balaban J connectivity index is 1.42. The molecule has 43 heavy (non-hydrogen) atoms. The van der Waals surface area contributed by atoms with E-state index in [9.17, 15) is 0 Å². The maximum atomic E-state index is 6.80. The van der Waals surface area contributed by atoms with Gasteiger partial charge in [0.25, 0.3) is 0 Å². The van der Waals surface area contributed by atoms with Crippen LogP contribution in [0, 0.1) is 0 Å². The van der Waals surface area contributed by atoms with Gasteiger partial charge in [-0.1, -0.05) is 133 Å². The van der Waals surface area contributed by atoms with E-state index >= 15 is 0 Å². The zero-order valence-corrected chi connectivity index (χ0v) is 24.9. The van der Waals surface area contributed by atoms with E-state index in [0.29, 0.717) is 39.5 Å². The quantitative estimate of drug-likeness (QED) is 0.135. The predicted molar refractivity (Wildman–Crippen MR) is 169 cm³/mol. The summed E-state index contributed by atoms with van der Waals surface area (Å²) < 4.78 is 33.2. The van der Waals surface area contributed by atoms with Crippen molar-refractivity contribution in [2.75, 3.05) is 6.61 Å². The Morgan fingerprint density at radius 1 is 0.512 bits per heavy atom. The summed E-state index contributed by atoms with van der Waals surface area (Å²) in [5.41, 5.74) is 4.40. The smallest absolute Gasteiger partial charge is 0.115 e. The molecule has 0 radical (unpaired) electrons. The maximum absolute atomic E-state index is 6.80. The fourth-order valence-electron chi connectivity index (χ4n) is 5.34. The molecule has 1 aliphatic rings. The Kier molecular flexibility index (Phi) is 12.1. The molecule has 0 N–H and O–H groups in total. The molecule has 1 aliphatic heterocycles. The van der Waals surface area contributed by atoms with Gasteiger partial charge in [0, 0.05) is 0 Å². The first-order chi connectivity index (χ1) is 21.3. The molecule has 0 bridgehead atoms. The molecule has 0 aliphatic carbocycles. The van der Waals surface area contributed by atoms with Gasteiger partial charge in [-0.25, -0.2) is 0 Å². The summed E-state index contributed by atoms with van der Waals surface area (Å²) in [7, 11) is 0. The summed E-state index contributed by atoms with van der Waals surface area (Å²) in [6.45, 7) is 4.22. The van der Waals surface area contributed by atoms with E-state index in [1.165, 1.54) is 0 Å². The van der Waals surface area contributed by atoms with E-state index in [1.807, 2.05) is 79.7 Å². The molecule has 224 valence electrons. The van der Waals surface area contributed by atoms with Gasteiger partial charge in [-0.15, -0.1) is 0 Å². The van der Waals surface area contributed by atoms with Crippen LogP contribution in [0.2, 0.25) is 0 Å². The summed E-state index contributed by atoms with van der Waals surface area (Å²) in [6, 6.07) is 40.9. The zero-order valence-electron chi connectivity index (χ0n) is 24.9. The molecule has 0 spiro atoms. The van der Waals surface area contributed by atoms with Crippen LogP contribution >= 0.6 is 0 Å². The third-order valence-corrected chi connectivity index (χ3v) is 7.58. The van der Waals surface area contributed by atoms with Gasteiger partial charge in [0.1, 0.15) is 24.4 Å². The highest BCUT2D eigenvalue weighted by Gasteiger charge is 2.48.